The van der Waals surface area contributed by atoms with E-state index in [1.54, 1.807) is 7.05 Å². The van der Waals surface area contributed by atoms with Gasteiger partial charge in [0.15, 0.2) is 24.7 Å². The Morgan fingerprint density at radius 3 is 1.51 bits per heavy atom. The Labute approximate surface area is 415 Å². The van der Waals surface area contributed by atoms with E-state index in [0.29, 0.717) is 38.6 Å². The molecule has 0 aliphatic carbocycles. The number of nitrogens with zero attached hydrogens (tertiary/aromatic N) is 1. The van der Waals surface area contributed by atoms with Gasteiger partial charge in [-0.2, -0.15) is 0 Å². The van der Waals surface area contributed by atoms with Gasteiger partial charge >= 0.3 is 0 Å². The van der Waals surface area contributed by atoms with Crippen molar-refractivity contribution in [2.45, 2.75) is 156 Å². The van der Waals surface area contributed by atoms with Crippen molar-refractivity contribution >= 4 is 29.3 Å². The molecule has 0 bridgehead atoms. The fraction of sp³-hybridized carbons (Fsp3) is 0.884. The van der Waals surface area contributed by atoms with Crippen molar-refractivity contribution in [3.8, 4) is 0 Å². The van der Waals surface area contributed by atoms with Crippen molar-refractivity contribution in [1.29, 1.82) is 0 Å². The van der Waals surface area contributed by atoms with Crippen molar-refractivity contribution in [2.24, 2.45) is 5.73 Å². The molecule has 3 aliphatic rings. The summed E-state index contributed by atoms with van der Waals surface area (Å²) in [4.78, 5) is 66.4. The molecule has 29 heteroatoms. The molecular weight excluding hydrogens is 968 g/mol. The second-order valence-electron chi connectivity index (χ2n) is 17.8. The average molecular weight is 1050 g/mol. The lowest BCUT2D eigenvalue weighted by molar-refractivity contribution is -0.304. The number of ether oxygens (including phenoxy) is 6. The van der Waals surface area contributed by atoms with E-state index in [9.17, 15) is 85.3 Å². The third kappa shape index (κ3) is 19.9. The number of hydrogen-bond donors (Lipinski definition) is 17. The number of hydrogen-bond acceptors (Lipinski definition) is 26. The first-order valence-corrected chi connectivity index (χ1v) is 24.1. The minimum absolute atomic E-state index is 0.0157. The van der Waals surface area contributed by atoms with Crippen molar-refractivity contribution in [3.05, 3.63) is 0 Å². The van der Waals surface area contributed by atoms with Crippen LogP contribution in [0.25, 0.3) is 0 Å². The highest BCUT2D eigenvalue weighted by Gasteiger charge is 2.46. The Morgan fingerprint density at radius 2 is 1.03 bits per heavy atom. The molecule has 3 rings (SSSR count). The number of rotatable bonds is 34. The molecule has 3 amide bonds. The van der Waals surface area contributed by atoms with Crippen LogP contribution in [0.2, 0.25) is 0 Å². The van der Waals surface area contributed by atoms with Crippen LogP contribution < -0.4 is 27.0 Å². The van der Waals surface area contributed by atoms with Gasteiger partial charge in [-0.1, -0.05) is 12.8 Å². The Kier molecular flexibility index (Phi) is 29.0. The van der Waals surface area contributed by atoms with Crippen LogP contribution in [0.5, 0.6) is 0 Å². The van der Waals surface area contributed by atoms with Crippen molar-refractivity contribution in [3.63, 3.8) is 0 Å². The smallest absolute Gasteiger partial charge is 0.234 e. The first-order chi connectivity index (χ1) is 34.3. The summed E-state index contributed by atoms with van der Waals surface area (Å²) >= 11 is 0. The highest BCUT2D eigenvalue weighted by atomic mass is 16.7. The van der Waals surface area contributed by atoms with Gasteiger partial charge in [-0.05, 0) is 45.7 Å². The highest BCUT2D eigenvalue weighted by molar-refractivity contribution is 6.39. The van der Waals surface area contributed by atoms with E-state index < -0.39 is 180 Å². The number of amides is 3. The first kappa shape index (κ1) is 63.2. The van der Waals surface area contributed by atoms with Crippen LogP contribution in [0, 0.1) is 0 Å². The molecule has 72 heavy (non-hydrogen) atoms. The number of nitrogens with two attached hydrogens (primary N) is 1. The number of likely N-dealkylation sites (N-methyl/N-ethyl adjacent to an activating group) is 1. The molecule has 3 heterocycles. The molecule has 0 aromatic rings. The van der Waals surface area contributed by atoms with E-state index in [-0.39, 0.29) is 39.1 Å². The Morgan fingerprint density at radius 1 is 0.556 bits per heavy atom. The zero-order valence-corrected chi connectivity index (χ0v) is 40.3. The predicted molar refractivity (Wildman–Crippen MR) is 242 cm³/mol. The first-order valence-electron chi connectivity index (χ1n) is 24.1. The van der Waals surface area contributed by atoms with Crippen molar-refractivity contribution < 1.29 is 114 Å². The maximum Gasteiger partial charge on any atom is 0.234 e. The quantitative estimate of drug-likeness (QED) is 0.0210. The van der Waals surface area contributed by atoms with E-state index >= 15 is 0 Å². The largest absolute Gasteiger partial charge is 0.394 e. The van der Waals surface area contributed by atoms with Crippen LogP contribution in [0.3, 0.4) is 0 Å². The van der Waals surface area contributed by atoms with Crippen LogP contribution in [-0.4, -0.2) is 286 Å². The minimum atomic E-state index is -1.82. The third-order valence-electron chi connectivity index (χ3n) is 12.2. The zero-order valence-electron chi connectivity index (χ0n) is 40.3. The second kappa shape index (κ2) is 33.1. The molecular formula is C43H78N6O23. The maximum atomic E-state index is 13.7. The average Bonchev–Trinajstić information content (AvgIpc) is 3.35. The number of carbonyl (C=O) groups excluding carboxylic acids is 5. The summed E-state index contributed by atoms with van der Waals surface area (Å²) in [6.45, 7) is -4.69. The van der Waals surface area contributed by atoms with Gasteiger partial charge in [0.25, 0.3) is 0 Å². The molecule has 3 saturated heterocycles. The topological polar surface area (TPSA) is 461 Å². The second-order valence-corrected chi connectivity index (χ2v) is 17.8. The van der Waals surface area contributed by atoms with Crippen molar-refractivity contribution in [2.75, 3.05) is 86.0 Å². The van der Waals surface area contributed by atoms with E-state index in [2.05, 4.69) is 21.3 Å². The van der Waals surface area contributed by atoms with Gasteiger partial charge in [-0.3, -0.25) is 28.9 Å². The third-order valence-corrected chi connectivity index (χ3v) is 12.2. The molecule has 3 fully saturated rings. The number of aliphatic hydroxyl groups is 12. The van der Waals surface area contributed by atoms with Gasteiger partial charge in [-0.15, -0.1) is 0 Å². The predicted octanol–water partition coefficient (Wildman–Crippen LogP) is -9.74. The summed E-state index contributed by atoms with van der Waals surface area (Å²) < 4.78 is 32.7. The van der Waals surface area contributed by atoms with Gasteiger partial charge in [0.2, 0.25) is 23.5 Å². The fourth-order valence-corrected chi connectivity index (χ4v) is 7.91. The van der Waals surface area contributed by atoms with Gasteiger partial charge < -0.3 is 117 Å². The summed E-state index contributed by atoms with van der Waals surface area (Å²) in [7, 11) is 1.60. The van der Waals surface area contributed by atoms with Gasteiger partial charge in [0, 0.05) is 19.5 Å². The van der Waals surface area contributed by atoms with E-state index in [1.807, 2.05) is 0 Å². The lowest BCUT2D eigenvalue weighted by Crippen LogP contribution is -2.60. The molecule has 0 saturated carbocycles. The molecule has 29 nitrogen and oxygen atoms in total. The Bertz CT molecular complexity index is 1620. The SMILES string of the molecule is CN[C@@H](CCCCN)C(=O)C(=O)CCCCCNC(=O)CN(CC(=O)NCCO[C@H]1O[C@H](CO)[C@@H](O)[C@H](O)[C@@H]1O)CC(=O)N[C@H](CCO[C@H]1O[C@H](CO)[C@@H](O)[C@H](O)[C@@H]1O)CO[C@H]1O[C@H](CO)[C@@H](O)[C@H](O)[C@@H]1O. The number of unbranched alkanes of at least 4 members (excludes halogenated alkanes) is 3. The number of ketones is 2. The highest BCUT2D eigenvalue weighted by Crippen LogP contribution is 2.25. The Balaban J connectivity index is 1.67. The Hall–Kier alpha value is -3.09. The molecule has 0 unspecified atom stereocenters. The molecule has 18 N–H and O–H groups in total. The van der Waals surface area contributed by atoms with E-state index in [1.165, 1.54) is 0 Å². The lowest BCUT2D eigenvalue weighted by Gasteiger charge is -2.40. The molecule has 0 aromatic carbocycles. The summed E-state index contributed by atoms with van der Waals surface area (Å²) in [6, 6.07) is -1.70. The van der Waals surface area contributed by atoms with Crippen molar-refractivity contribution in [1.82, 2.24) is 26.2 Å². The fourth-order valence-electron chi connectivity index (χ4n) is 7.91. The summed E-state index contributed by atoms with van der Waals surface area (Å²) in [5.74, 6) is -3.16. The number of nitrogens with one attached hydrogen (secondary N) is 4. The van der Waals surface area contributed by atoms with Crippen LogP contribution in [0.15, 0.2) is 0 Å². The standard InChI is InChI=1S/C43H78N6O23/c1-45-23(7-4-5-10-44)31(57)24(53)8-3-2-6-11-46-28(54)15-49(16-29(55)47-12-14-68-42-39(65)36(62)33(59)26(19-51)71-42)17-30(56)48-22(21-69-43-40(66)37(63)34(60)27(20-52)72-43)9-13-67-41-38(64)35(61)32(58)25(18-50)70-41/h22-23,25-27,32-43,45,50-52,58-66H,2-21,44H2,1H3,(H,46,54)(H,47,55)(H,48,56)/t22-,23+,25-,26-,27-,32-,33-,34-,35+,36+,37+,38+,39+,40+,41+,42+,43+/m1/s1. The van der Waals surface area contributed by atoms with E-state index in [4.69, 9.17) is 34.2 Å². The monoisotopic (exact) mass is 1050 g/mol. The molecule has 0 spiro atoms. The maximum absolute atomic E-state index is 13.7. The van der Waals surface area contributed by atoms with Gasteiger partial charge in [0.05, 0.1) is 71.4 Å². The number of aliphatic hydroxyl groups excluding tert-OH is 12. The van der Waals surface area contributed by atoms with Gasteiger partial charge in [0.1, 0.15) is 73.2 Å². The van der Waals surface area contributed by atoms with Crippen LogP contribution >= 0.6 is 0 Å². The van der Waals surface area contributed by atoms with E-state index in [0.717, 1.165) is 11.3 Å². The van der Waals surface area contributed by atoms with Crippen LogP contribution in [0.4, 0.5) is 0 Å². The normalized spacial score (nSPS) is 31.7. The van der Waals surface area contributed by atoms with Crippen LogP contribution in [0.1, 0.15) is 51.4 Å². The zero-order chi connectivity index (χ0) is 53.5. The summed E-state index contributed by atoms with van der Waals surface area (Å²) in [6.07, 6.45) is -21.1. The molecule has 418 valence electrons. The van der Waals surface area contributed by atoms with Crippen LogP contribution in [-0.2, 0) is 52.4 Å². The minimum Gasteiger partial charge on any atom is -0.394 e. The molecule has 17 atom stereocenters. The number of carbonyl (C=O) groups is 5. The number of Topliss-reactive ketones (excluding diaryl/α,β-unsaturated/α-hetero) is 2. The lowest BCUT2D eigenvalue weighted by atomic mass is 9.99. The summed E-state index contributed by atoms with van der Waals surface area (Å²) in [5.41, 5.74) is 5.52. The molecule has 0 aromatic heterocycles. The molecule has 0 radical (unpaired) electrons. The summed E-state index contributed by atoms with van der Waals surface area (Å²) in [5, 5.41) is 131. The van der Waals surface area contributed by atoms with Gasteiger partial charge in [-0.25, -0.2) is 0 Å². The molecule has 3 aliphatic heterocycles.